The lowest BCUT2D eigenvalue weighted by Gasteiger charge is -1.86. The minimum absolute atomic E-state index is 0.928. The first kappa shape index (κ1) is 6.33. The lowest BCUT2D eigenvalue weighted by molar-refractivity contribution is 0.909. The van der Waals surface area contributed by atoms with Crippen LogP contribution in [-0.2, 0) is 13.5 Å². The van der Waals surface area contributed by atoms with E-state index in [1.54, 1.807) is 0 Å². The zero-order valence-corrected chi connectivity index (χ0v) is 5.67. The number of aromatic nitrogens is 2. The van der Waals surface area contributed by atoms with Crippen molar-refractivity contribution in [2.75, 3.05) is 0 Å². The normalized spacial score (nSPS) is 10.0. The molecular formula is C7H11N2. The molecule has 49 valence electrons. The highest BCUT2D eigenvalue weighted by atomic mass is 15.0. The van der Waals surface area contributed by atoms with Crippen LogP contribution in [0.2, 0.25) is 0 Å². The first-order valence-corrected chi connectivity index (χ1v) is 3.09. The molecule has 0 N–H and O–H groups in total. The molecule has 1 radical (unpaired) electrons. The van der Waals surface area contributed by atoms with Crippen LogP contribution in [0.1, 0.15) is 12.1 Å². The minimum Gasteiger partial charge on any atom is -0.340 e. The lowest BCUT2D eigenvalue weighted by atomic mass is 10.3. The summed E-state index contributed by atoms with van der Waals surface area (Å²) in [6.45, 7) is 3.74. The summed E-state index contributed by atoms with van der Waals surface area (Å²) in [7, 11) is 1.97. The highest BCUT2D eigenvalue weighted by Crippen LogP contribution is 1.96. The summed E-state index contributed by atoms with van der Waals surface area (Å²) in [5.74, 6) is 0. The zero-order valence-electron chi connectivity index (χ0n) is 5.67. The Labute approximate surface area is 55.5 Å². The van der Waals surface area contributed by atoms with Crippen LogP contribution in [0, 0.1) is 6.92 Å². The van der Waals surface area contributed by atoms with Crippen molar-refractivity contribution in [2.24, 2.45) is 7.05 Å². The molecule has 0 amide bonds. The number of aryl methyl sites for hydroxylation is 2. The van der Waals surface area contributed by atoms with E-state index in [-0.39, 0.29) is 0 Å². The Balaban J connectivity index is 2.61. The van der Waals surface area contributed by atoms with Crippen LogP contribution in [0.4, 0.5) is 0 Å². The lowest BCUT2D eigenvalue weighted by Crippen LogP contribution is -1.81. The van der Waals surface area contributed by atoms with Gasteiger partial charge in [0, 0.05) is 13.2 Å². The Kier molecular flexibility index (Phi) is 1.88. The van der Waals surface area contributed by atoms with E-state index in [4.69, 9.17) is 0 Å². The van der Waals surface area contributed by atoms with Crippen LogP contribution in [0.5, 0.6) is 0 Å². The Morgan fingerprint density at radius 3 is 3.00 bits per heavy atom. The van der Waals surface area contributed by atoms with E-state index in [1.165, 1.54) is 0 Å². The van der Waals surface area contributed by atoms with Crippen molar-refractivity contribution in [1.82, 2.24) is 9.55 Å². The minimum atomic E-state index is 0.928. The fourth-order valence-corrected chi connectivity index (χ4v) is 0.777. The molecule has 0 saturated carbocycles. The largest absolute Gasteiger partial charge is 0.340 e. The van der Waals surface area contributed by atoms with Crippen LogP contribution in [-0.4, -0.2) is 9.55 Å². The summed E-state index contributed by atoms with van der Waals surface area (Å²) in [5, 5.41) is 0. The van der Waals surface area contributed by atoms with Crippen LogP contribution in [0.25, 0.3) is 0 Å². The standard InChI is InChI=1S/C7H11N2/c1-3-4-7-5-9(2)6-8-7/h5-6H,1,3-4H2,2H3. The predicted molar refractivity (Wildman–Crippen MR) is 36.9 cm³/mol. The van der Waals surface area contributed by atoms with Crippen molar-refractivity contribution in [3.8, 4) is 0 Å². The quantitative estimate of drug-likeness (QED) is 0.577. The second kappa shape index (κ2) is 2.67. The van der Waals surface area contributed by atoms with Gasteiger partial charge in [0.05, 0.1) is 12.0 Å². The summed E-state index contributed by atoms with van der Waals surface area (Å²) in [4.78, 5) is 4.13. The van der Waals surface area contributed by atoms with Crippen molar-refractivity contribution in [2.45, 2.75) is 12.8 Å². The van der Waals surface area contributed by atoms with Crippen molar-refractivity contribution >= 4 is 0 Å². The van der Waals surface area contributed by atoms with E-state index in [9.17, 15) is 0 Å². The van der Waals surface area contributed by atoms with E-state index in [2.05, 4.69) is 11.9 Å². The van der Waals surface area contributed by atoms with Crippen LogP contribution < -0.4 is 0 Å². The molecule has 0 aromatic carbocycles. The third-order valence-electron chi connectivity index (χ3n) is 1.19. The third kappa shape index (κ3) is 1.56. The average molecular weight is 123 g/mol. The number of hydrogen-bond donors (Lipinski definition) is 0. The summed E-state index contributed by atoms with van der Waals surface area (Å²) in [5.41, 5.74) is 1.13. The number of nitrogens with zero attached hydrogens (tertiary/aromatic N) is 2. The molecule has 1 heterocycles. The van der Waals surface area contributed by atoms with Gasteiger partial charge in [-0.2, -0.15) is 0 Å². The maximum Gasteiger partial charge on any atom is 0.0946 e. The molecule has 2 nitrogen and oxygen atoms in total. The van der Waals surface area contributed by atoms with Crippen molar-refractivity contribution in [1.29, 1.82) is 0 Å². The van der Waals surface area contributed by atoms with Gasteiger partial charge in [-0.1, -0.05) is 6.92 Å². The van der Waals surface area contributed by atoms with Crippen LogP contribution >= 0.6 is 0 Å². The molecule has 0 aliphatic rings. The highest BCUT2D eigenvalue weighted by Gasteiger charge is 1.91. The molecule has 0 aliphatic carbocycles. The second-order valence-electron chi connectivity index (χ2n) is 2.13. The van der Waals surface area contributed by atoms with E-state index < -0.39 is 0 Å². The molecule has 0 bridgehead atoms. The summed E-state index contributed by atoms with van der Waals surface area (Å²) < 4.78 is 1.95. The molecule has 2 heteroatoms. The van der Waals surface area contributed by atoms with Crippen molar-refractivity contribution in [3.05, 3.63) is 25.1 Å². The topological polar surface area (TPSA) is 17.8 Å². The number of rotatable bonds is 2. The molecule has 1 aromatic heterocycles. The molecule has 1 rings (SSSR count). The maximum absolute atomic E-state index is 4.13. The SMILES string of the molecule is [CH2]CCc1cn(C)cn1. The van der Waals surface area contributed by atoms with Gasteiger partial charge in [0.1, 0.15) is 0 Å². The molecule has 0 aliphatic heterocycles. The molecule has 0 atom stereocenters. The zero-order chi connectivity index (χ0) is 6.69. The van der Waals surface area contributed by atoms with Gasteiger partial charge in [0.2, 0.25) is 0 Å². The van der Waals surface area contributed by atoms with Gasteiger partial charge in [-0.15, -0.1) is 0 Å². The first-order chi connectivity index (χ1) is 4.33. The predicted octanol–water partition coefficient (Wildman–Crippen LogP) is 1.19. The van der Waals surface area contributed by atoms with Gasteiger partial charge in [-0.3, -0.25) is 0 Å². The summed E-state index contributed by atoms with van der Waals surface area (Å²) in [6.07, 6.45) is 5.74. The fourth-order valence-electron chi connectivity index (χ4n) is 0.777. The van der Waals surface area contributed by atoms with E-state index >= 15 is 0 Å². The Morgan fingerprint density at radius 1 is 1.78 bits per heavy atom. The Morgan fingerprint density at radius 2 is 2.56 bits per heavy atom. The fraction of sp³-hybridized carbons (Fsp3) is 0.429. The average Bonchev–Trinajstić information content (AvgIpc) is 2.17. The molecule has 1 aromatic rings. The number of hydrogen-bond acceptors (Lipinski definition) is 1. The van der Waals surface area contributed by atoms with E-state index in [0.717, 1.165) is 18.5 Å². The third-order valence-corrected chi connectivity index (χ3v) is 1.19. The van der Waals surface area contributed by atoms with Crippen molar-refractivity contribution < 1.29 is 0 Å². The monoisotopic (exact) mass is 123 g/mol. The van der Waals surface area contributed by atoms with Gasteiger partial charge in [0.25, 0.3) is 0 Å². The molecule has 9 heavy (non-hydrogen) atoms. The molecule has 0 fully saturated rings. The van der Waals surface area contributed by atoms with E-state index in [0.29, 0.717) is 0 Å². The Bertz CT molecular complexity index is 179. The molecular weight excluding hydrogens is 112 g/mol. The van der Waals surface area contributed by atoms with Crippen molar-refractivity contribution in [3.63, 3.8) is 0 Å². The molecule has 0 spiro atoms. The second-order valence-corrected chi connectivity index (χ2v) is 2.13. The summed E-state index contributed by atoms with van der Waals surface area (Å²) in [6, 6.07) is 0. The highest BCUT2D eigenvalue weighted by molar-refractivity contribution is 4.95. The number of imidazole rings is 1. The maximum atomic E-state index is 4.13. The molecule has 0 unspecified atom stereocenters. The van der Waals surface area contributed by atoms with Gasteiger partial charge in [-0.25, -0.2) is 4.98 Å². The van der Waals surface area contributed by atoms with Gasteiger partial charge in [0.15, 0.2) is 0 Å². The van der Waals surface area contributed by atoms with E-state index in [1.807, 2.05) is 24.1 Å². The first-order valence-electron chi connectivity index (χ1n) is 3.09. The smallest absolute Gasteiger partial charge is 0.0946 e. The summed E-state index contributed by atoms with van der Waals surface area (Å²) >= 11 is 0. The van der Waals surface area contributed by atoms with Crippen LogP contribution in [0.15, 0.2) is 12.5 Å². The molecule has 0 saturated heterocycles. The Hall–Kier alpha value is -0.790. The van der Waals surface area contributed by atoms with Crippen LogP contribution in [0.3, 0.4) is 0 Å². The van der Waals surface area contributed by atoms with Gasteiger partial charge >= 0.3 is 0 Å². The van der Waals surface area contributed by atoms with Gasteiger partial charge < -0.3 is 4.57 Å². The van der Waals surface area contributed by atoms with Gasteiger partial charge in [-0.05, 0) is 12.8 Å².